The zero-order chi connectivity index (χ0) is 42.1. The van der Waals surface area contributed by atoms with E-state index >= 15 is 0 Å². The van der Waals surface area contributed by atoms with Crippen molar-refractivity contribution >= 4 is 19.8 Å². The fourth-order valence-corrected chi connectivity index (χ4v) is 7.50. The van der Waals surface area contributed by atoms with Gasteiger partial charge >= 0.3 is 11.9 Å². The molecule has 0 radical (unpaired) electrons. The van der Waals surface area contributed by atoms with Gasteiger partial charge in [-0.1, -0.05) is 193 Å². The first-order valence-electron chi connectivity index (χ1n) is 23.9. The molecule has 0 saturated heterocycles. The van der Waals surface area contributed by atoms with Crippen molar-refractivity contribution in [2.24, 2.45) is 0 Å². The molecule has 0 aliphatic heterocycles. The van der Waals surface area contributed by atoms with Crippen LogP contribution in [0.15, 0.2) is 12.2 Å². The molecule has 0 aromatic carbocycles. The first kappa shape index (κ1) is 55.8. The van der Waals surface area contributed by atoms with Crippen molar-refractivity contribution in [1.82, 2.24) is 0 Å². The van der Waals surface area contributed by atoms with Gasteiger partial charge in [0.05, 0.1) is 27.7 Å². The van der Waals surface area contributed by atoms with Crippen LogP contribution in [0, 0.1) is 0 Å². The van der Waals surface area contributed by atoms with Gasteiger partial charge < -0.3 is 27.9 Å². The van der Waals surface area contributed by atoms with E-state index in [0.29, 0.717) is 17.4 Å². The predicted molar refractivity (Wildman–Crippen MR) is 236 cm³/mol. The Hall–Kier alpha value is -1.25. The van der Waals surface area contributed by atoms with Crippen molar-refractivity contribution in [3.63, 3.8) is 0 Å². The summed E-state index contributed by atoms with van der Waals surface area (Å²) in [6.45, 7) is 4.18. The third-order valence-corrected chi connectivity index (χ3v) is 11.5. The number of likely N-dealkylation sites (N-methyl/N-ethyl adjacent to an activating group) is 1. The van der Waals surface area contributed by atoms with Gasteiger partial charge in [0.1, 0.15) is 19.8 Å². The molecule has 2 atom stereocenters. The Morgan fingerprint density at radius 2 is 0.930 bits per heavy atom. The molecule has 0 spiro atoms. The number of phosphoric ester groups is 1. The van der Waals surface area contributed by atoms with Crippen molar-refractivity contribution in [3.8, 4) is 0 Å². The average Bonchev–Trinajstić information content (AvgIpc) is 3.16. The maximum Gasteiger partial charge on any atom is 0.306 e. The number of quaternary nitrogens is 1. The minimum absolute atomic E-state index is 0.0295. The summed E-state index contributed by atoms with van der Waals surface area (Å²) in [7, 11) is 1.17. The van der Waals surface area contributed by atoms with E-state index in [4.69, 9.17) is 18.5 Å². The number of hydrogen-bond acceptors (Lipinski definition) is 8. The number of nitrogens with zero attached hydrogens (tertiary/aromatic N) is 1. The summed E-state index contributed by atoms with van der Waals surface area (Å²) in [6, 6.07) is 0. The number of rotatable bonds is 44. The lowest BCUT2D eigenvalue weighted by molar-refractivity contribution is -0.870. The van der Waals surface area contributed by atoms with Crippen LogP contribution < -0.4 is 4.89 Å². The molecular weight excluding hydrogens is 737 g/mol. The maximum absolute atomic E-state index is 12.6. The minimum Gasteiger partial charge on any atom is -0.756 e. The van der Waals surface area contributed by atoms with Gasteiger partial charge in [0, 0.05) is 12.8 Å². The predicted octanol–water partition coefficient (Wildman–Crippen LogP) is 13.1. The van der Waals surface area contributed by atoms with Gasteiger partial charge in [-0.3, -0.25) is 14.2 Å². The van der Waals surface area contributed by atoms with Crippen molar-refractivity contribution in [2.75, 3.05) is 47.5 Å². The van der Waals surface area contributed by atoms with Crippen LogP contribution in [0.25, 0.3) is 0 Å². The first-order valence-corrected chi connectivity index (χ1v) is 25.4. The van der Waals surface area contributed by atoms with Crippen LogP contribution in [0.4, 0.5) is 0 Å². The first-order chi connectivity index (χ1) is 27.5. The summed E-state index contributed by atoms with van der Waals surface area (Å²) in [5, 5.41) is 0. The molecule has 0 rings (SSSR count). The Bertz CT molecular complexity index is 985. The highest BCUT2D eigenvalue weighted by atomic mass is 31.2. The Morgan fingerprint density at radius 3 is 1.37 bits per heavy atom. The molecule has 0 bridgehead atoms. The van der Waals surface area contributed by atoms with Gasteiger partial charge in [0.15, 0.2) is 6.10 Å². The molecule has 10 heteroatoms. The Morgan fingerprint density at radius 1 is 0.526 bits per heavy atom. The number of ether oxygens (including phenoxy) is 2. The van der Waals surface area contributed by atoms with Crippen LogP contribution in [-0.2, 0) is 32.7 Å². The largest absolute Gasteiger partial charge is 0.756 e. The highest BCUT2D eigenvalue weighted by Crippen LogP contribution is 2.38. The number of phosphoric acid groups is 1. The molecule has 0 fully saturated rings. The molecule has 57 heavy (non-hydrogen) atoms. The van der Waals surface area contributed by atoms with E-state index in [2.05, 4.69) is 26.0 Å². The van der Waals surface area contributed by atoms with Crippen molar-refractivity contribution in [1.29, 1.82) is 0 Å². The van der Waals surface area contributed by atoms with Crippen LogP contribution in [0.5, 0.6) is 0 Å². The molecule has 0 aliphatic carbocycles. The zero-order valence-corrected chi connectivity index (χ0v) is 38.9. The lowest BCUT2D eigenvalue weighted by Gasteiger charge is -2.28. The monoisotopic (exact) mass is 830 g/mol. The summed E-state index contributed by atoms with van der Waals surface area (Å²) in [5.41, 5.74) is 0. The van der Waals surface area contributed by atoms with Gasteiger partial charge in [0.2, 0.25) is 0 Å². The van der Waals surface area contributed by atoms with E-state index in [1.165, 1.54) is 135 Å². The van der Waals surface area contributed by atoms with Gasteiger partial charge in [-0.2, -0.15) is 0 Å². The Balaban J connectivity index is 4.11. The lowest BCUT2D eigenvalue weighted by atomic mass is 10.0. The Kier molecular flexibility index (Phi) is 39.3. The number of esters is 2. The molecule has 2 unspecified atom stereocenters. The third-order valence-electron chi connectivity index (χ3n) is 10.5. The number of unbranched alkanes of at least 4 members (excludes halogenated alkanes) is 28. The summed E-state index contributed by atoms with van der Waals surface area (Å²) < 4.78 is 33.9. The van der Waals surface area contributed by atoms with E-state index in [9.17, 15) is 19.0 Å². The van der Waals surface area contributed by atoms with Gasteiger partial charge in [-0.05, 0) is 32.1 Å². The Labute approximate surface area is 352 Å². The molecule has 338 valence electrons. The molecule has 0 aromatic rings. The van der Waals surface area contributed by atoms with Crippen molar-refractivity contribution < 1.29 is 42.1 Å². The molecule has 0 aliphatic rings. The summed E-state index contributed by atoms with van der Waals surface area (Å²) in [4.78, 5) is 37.5. The smallest absolute Gasteiger partial charge is 0.306 e. The highest BCUT2D eigenvalue weighted by molar-refractivity contribution is 7.45. The zero-order valence-electron chi connectivity index (χ0n) is 38.1. The van der Waals surface area contributed by atoms with E-state index in [1.807, 2.05) is 21.1 Å². The van der Waals surface area contributed by atoms with Gasteiger partial charge in [0.25, 0.3) is 7.82 Å². The molecule has 0 amide bonds. The second kappa shape index (κ2) is 40.2. The lowest BCUT2D eigenvalue weighted by Crippen LogP contribution is -2.37. The van der Waals surface area contributed by atoms with Crippen LogP contribution in [-0.4, -0.2) is 70.0 Å². The quantitative estimate of drug-likeness (QED) is 0.0196. The molecule has 9 nitrogen and oxygen atoms in total. The molecule has 0 aromatic heterocycles. The second-order valence-electron chi connectivity index (χ2n) is 17.5. The second-order valence-corrected chi connectivity index (χ2v) is 18.9. The van der Waals surface area contributed by atoms with E-state index in [0.717, 1.165) is 57.8 Å². The van der Waals surface area contributed by atoms with Gasteiger partial charge in [-0.15, -0.1) is 0 Å². The normalized spacial score (nSPS) is 13.6. The SMILES string of the molecule is CCC/C=C\CCCCCCCC(=O)OC(COC(=O)CCCCCCCCCCCCCCCCCCCCCCCCC)COP(=O)([O-])OCC[N+](C)(C)C. The standard InChI is InChI=1S/C47H92NO8P/c1-6-8-10-12-14-16-18-19-20-21-22-23-24-25-26-27-28-29-30-32-33-35-37-39-46(49)53-43-45(44-55-57(51,52)54-42-41-48(3,4)5)56-47(50)40-38-36-34-31-17-15-13-11-9-7-2/h11,13,45H,6-10,12,14-44H2,1-5H3/b13-11-. The topological polar surface area (TPSA) is 111 Å². The van der Waals surface area contributed by atoms with Crippen molar-refractivity contribution in [2.45, 2.75) is 232 Å². The molecule has 0 heterocycles. The maximum atomic E-state index is 12.6. The number of carbonyl (C=O) groups excluding carboxylic acids is 2. The van der Waals surface area contributed by atoms with E-state index in [-0.39, 0.29) is 32.0 Å². The number of hydrogen-bond donors (Lipinski definition) is 0. The molecular formula is C47H92NO8P. The average molecular weight is 830 g/mol. The highest BCUT2D eigenvalue weighted by Gasteiger charge is 2.21. The van der Waals surface area contributed by atoms with Crippen LogP contribution in [0.1, 0.15) is 226 Å². The fourth-order valence-electron chi connectivity index (χ4n) is 6.78. The third kappa shape index (κ3) is 44.1. The van der Waals surface area contributed by atoms with E-state index < -0.39 is 26.5 Å². The van der Waals surface area contributed by atoms with Crippen LogP contribution in [0.2, 0.25) is 0 Å². The van der Waals surface area contributed by atoms with Crippen molar-refractivity contribution in [3.05, 3.63) is 12.2 Å². The summed E-state index contributed by atoms with van der Waals surface area (Å²) in [6.07, 6.45) is 42.6. The number of carbonyl (C=O) groups is 2. The minimum atomic E-state index is -4.62. The molecule has 0 saturated carbocycles. The summed E-state index contributed by atoms with van der Waals surface area (Å²) in [5.74, 6) is -0.836. The van der Waals surface area contributed by atoms with Gasteiger partial charge in [-0.25, -0.2) is 0 Å². The summed E-state index contributed by atoms with van der Waals surface area (Å²) >= 11 is 0. The molecule has 0 N–H and O–H groups in total. The fraction of sp³-hybridized carbons (Fsp3) is 0.915. The van der Waals surface area contributed by atoms with E-state index in [1.54, 1.807) is 0 Å². The van der Waals surface area contributed by atoms with Crippen LogP contribution >= 0.6 is 7.82 Å². The van der Waals surface area contributed by atoms with Crippen LogP contribution in [0.3, 0.4) is 0 Å². The number of allylic oxidation sites excluding steroid dienone is 2.